The zero-order chi connectivity index (χ0) is 14.4. The second-order valence-corrected chi connectivity index (χ2v) is 4.33. The molecule has 6 N–H and O–H groups in total. The molecule has 1 atom stereocenters. The molecule has 1 unspecified atom stereocenters. The molecule has 0 bridgehead atoms. The number of anilines is 2. The maximum absolute atomic E-state index is 11.7. The number of nitrogens with one attached hydrogen (secondary N) is 2. The third kappa shape index (κ3) is 4.17. The predicted octanol–water partition coefficient (Wildman–Crippen LogP) is 0.694. The molecule has 0 spiro atoms. The lowest BCUT2D eigenvalue weighted by Gasteiger charge is -2.17. The van der Waals surface area contributed by atoms with Gasteiger partial charge in [-0.2, -0.15) is 0 Å². The van der Waals surface area contributed by atoms with E-state index >= 15 is 0 Å². The van der Waals surface area contributed by atoms with E-state index in [4.69, 9.17) is 11.5 Å². The predicted molar refractivity (Wildman–Crippen MR) is 75.8 cm³/mol. The Morgan fingerprint density at radius 2 is 2.05 bits per heavy atom. The van der Waals surface area contributed by atoms with Crippen LogP contribution in [0.15, 0.2) is 18.2 Å². The molecule has 2 amide bonds. The van der Waals surface area contributed by atoms with Crippen molar-refractivity contribution in [3.05, 3.63) is 23.8 Å². The normalized spacial score (nSPS) is 11.7. The van der Waals surface area contributed by atoms with Crippen LogP contribution >= 0.6 is 0 Å². The van der Waals surface area contributed by atoms with Crippen LogP contribution in [0.3, 0.4) is 0 Å². The van der Waals surface area contributed by atoms with Gasteiger partial charge in [-0.15, -0.1) is 0 Å². The average Bonchev–Trinajstić information content (AvgIpc) is 2.37. The van der Waals surface area contributed by atoms with Crippen molar-refractivity contribution in [2.45, 2.75) is 26.3 Å². The van der Waals surface area contributed by atoms with Gasteiger partial charge in [0, 0.05) is 17.9 Å². The fourth-order valence-electron chi connectivity index (χ4n) is 1.59. The van der Waals surface area contributed by atoms with Gasteiger partial charge in [0.25, 0.3) is 5.91 Å². The summed E-state index contributed by atoms with van der Waals surface area (Å²) in [6, 6.07) is 4.31. The van der Waals surface area contributed by atoms with E-state index in [1.165, 1.54) is 6.07 Å². The molecule has 1 rings (SSSR count). The molecule has 0 aliphatic carbocycles. The first-order valence-electron chi connectivity index (χ1n) is 6.19. The Labute approximate surface area is 112 Å². The topological polar surface area (TPSA) is 110 Å². The van der Waals surface area contributed by atoms with Crippen LogP contribution in [0.5, 0.6) is 0 Å². The molecule has 6 heteroatoms. The van der Waals surface area contributed by atoms with E-state index in [0.29, 0.717) is 17.9 Å². The molecule has 0 radical (unpaired) electrons. The molecule has 1 aromatic carbocycles. The summed E-state index contributed by atoms with van der Waals surface area (Å²) in [5.74, 6) is -0.718. The lowest BCUT2D eigenvalue weighted by atomic mass is 10.1. The third-order valence-corrected chi connectivity index (χ3v) is 2.62. The zero-order valence-corrected chi connectivity index (χ0v) is 11.2. The number of nitrogen functional groups attached to an aromatic ring is 1. The number of hydrogen-bond donors (Lipinski definition) is 4. The number of nitrogens with two attached hydrogens (primary N) is 2. The average molecular weight is 264 g/mol. The van der Waals surface area contributed by atoms with Crippen molar-refractivity contribution >= 4 is 23.2 Å². The Hall–Kier alpha value is -2.24. The van der Waals surface area contributed by atoms with E-state index in [1.54, 1.807) is 19.1 Å². The first kappa shape index (κ1) is 14.8. The van der Waals surface area contributed by atoms with Gasteiger partial charge in [0.05, 0.1) is 5.56 Å². The highest BCUT2D eigenvalue weighted by molar-refractivity contribution is 6.00. The van der Waals surface area contributed by atoms with Gasteiger partial charge < -0.3 is 22.1 Å². The molecular formula is C13H20N4O2. The van der Waals surface area contributed by atoms with Gasteiger partial charge in [-0.05, 0) is 31.5 Å². The van der Waals surface area contributed by atoms with Crippen LogP contribution in [0, 0.1) is 0 Å². The van der Waals surface area contributed by atoms with Gasteiger partial charge in [-0.3, -0.25) is 9.59 Å². The summed E-state index contributed by atoms with van der Waals surface area (Å²) < 4.78 is 0. The van der Waals surface area contributed by atoms with Gasteiger partial charge in [-0.25, -0.2) is 0 Å². The number of primary amides is 1. The molecule has 104 valence electrons. The van der Waals surface area contributed by atoms with Crippen LogP contribution in [0.4, 0.5) is 11.4 Å². The lowest BCUT2D eigenvalue weighted by Crippen LogP contribution is -2.38. The third-order valence-electron chi connectivity index (χ3n) is 2.62. The Balaban J connectivity index is 2.81. The van der Waals surface area contributed by atoms with Crippen LogP contribution < -0.4 is 22.1 Å². The number of rotatable bonds is 6. The smallest absolute Gasteiger partial charge is 0.250 e. The summed E-state index contributed by atoms with van der Waals surface area (Å²) in [7, 11) is 0. The second-order valence-electron chi connectivity index (χ2n) is 4.33. The van der Waals surface area contributed by atoms with Gasteiger partial charge in [0.2, 0.25) is 5.91 Å². The molecule has 0 heterocycles. The van der Waals surface area contributed by atoms with E-state index in [9.17, 15) is 9.59 Å². The zero-order valence-electron chi connectivity index (χ0n) is 11.2. The summed E-state index contributed by atoms with van der Waals surface area (Å²) in [4.78, 5) is 23.1. The highest BCUT2D eigenvalue weighted by Crippen LogP contribution is 2.19. The van der Waals surface area contributed by atoms with Crippen molar-refractivity contribution in [1.82, 2.24) is 5.32 Å². The lowest BCUT2D eigenvalue weighted by molar-refractivity contribution is -0.121. The summed E-state index contributed by atoms with van der Waals surface area (Å²) in [5.41, 5.74) is 12.1. The van der Waals surface area contributed by atoms with E-state index in [-0.39, 0.29) is 11.5 Å². The van der Waals surface area contributed by atoms with E-state index in [1.807, 2.05) is 6.92 Å². The van der Waals surface area contributed by atoms with Crippen LogP contribution in [-0.2, 0) is 4.79 Å². The SMILES string of the molecule is CCCNC(=O)C(C)Nc1ccc(N)cc1C(N)=O. The summed E-state index contributed by atoms with van der Waals surface area (Å²) in [6.45, 7) is 4.31. The molecule has 0 saturated heterocycles. The molecule has 6 nitrogen and oxygen atoms in total. The summed E-state index contributed by atoms with van der Waals surface area (Å²) >= 11 is 0. The quantitative estimate of drug-likeness (QED) is 0.567. The van der Waals surface area contributed by atoms with Crippen molar-refractivity contribution in [2.75, 3.05) is 17.6 Å². The molecular weight excluding hydrogens is 244 g/mol. The van der Waals surface area contributed by atoms with Gasteiger partial charge in [0.15, 0.2) is 0 Å². The van der Waals surface area contributed by atoms with Gasteiger partial charge in [0.1, 0.15) is 6.04 Å². The van der Waals surface area contributed by atoms with Crippen molar-refractivity contribution < 1.29 is 9.59 Å². The molecule has 0 aromatic heterocycles. The molecule has 19 heavy (non-hydrogen) atoms. The molecule has 0 aliphatic rings. The fourth-order valence-corrected chi connectivity index (χ4v) is 1.59. The minimum absolute atomic E-state index is 0.130. The van der Waals surface area contributed by atoms with Gasteiger partial charge in [-0.1, -0.05) is 6.92 Å². The van der Waals surface area contributed by atoms with Crippen LogP contribution in [0.2, 0.25) is 0 Å². The molecule has 0 saturated carbocycles. The van der Waals surface area contributed by atoms with Crippen LogP contribution in [-0.4, -0.2) is 24.4 Å². The Morgan fingerprint density at radius 3 is 2.63 bits per heavy atom. The maximum atomic E-state index is 11.7. The fraction of sp³-hybridized carbons (Fsp3) is 0.385. The van der Waals surface area contributed by atoms with Crippen LogP contribution in [0.1, 0.15) is 30.6 Å². The molecule has 0 fully saturated rings. The number of benzene rings is 1. The first-order chi connectivity index (χ1) is 8.95. The summed E-state index contributed by atoms with van der Waals surface area (Å²) in [6.07, 6.45) is 0.868. The Morgan fingerprint density at radius 1 is 1.37 bits per heavy atom. The minimum atomic E-state index is -0.587. The van der Waals surface area contributed by atoms with E-state index in [2.05, 4.69) is 10.6 Å². The number of hydrogen-bond acceptors (Lipinski definition) is 4. The van der Waals surface area contributed by atoms with Crippen molar-refractivity contribution in [3.8, 4) is 0 Å². The van der Waals surface area contributed by atoms with Crippen molar-refractivity contribution in [1.29, 1.82) is 0 Å². The standard InChI is InChI=1S/C13H20N4O2/c1-3-6-16-13(19)8(2)17-11-5-4-9(14)7-10(11)12(15)18/h4-5,7-8,17H,3,6,14H2,1-2H3,(H2,15,18)(H,16,19). The highest BCUT2D eigenvalue weighted by atomic mass is 16.2. The van der Waals surface area contributed by atoms with E-state index < -0.39 is 11.9 Å². The minimum Gasteiger partial charge on any atom is -0.399 e. The number of carbonyl (C=O) groups is 2. The monoisotopic (exact) mass is 264 g/mol. The van der Waals surface area contributed by atoms with Crippen LogP contribution in [0.25, 0.3) is 0 Å². The molecule has 0 aliphatic heterocycles. The Kier molecular flexibility index (Phi) is 5.17. The maximum Gasteiger partial charge on any atom is 0.250 e. The Bertz CT molecular complexity index is 474. The largest absolute Gasteiger partial charge is 0.399 e. The first-order valence-corrected chi connectivity index (χ1v) is 6.19. The van der Waals surface area contributed by atoms with E-state index in [0.717, 1.165) is 6.42 Å². The highest BCUT2D eigenvalue weighted by Gasteiger charge is 2.15. The number of amides is 2. The molecule has 1 aromatic rings. The summed E-state index contributed by atoms with van der Waals surface area (Å²) in [5, 5.41) is 5.73. The number of carbonyl (C=O) groups excluding carboxylic acids is 2. The second kappa shape index (κ2) is 6.63. The van der Waals surface area contributed by atoms with Crippen molar-refractivity contribution in [2.24, 2.45) is 5.73 Å². The van der Waals surface area contributed by atoms with Crippen molar-refractivity contribution in [3.63, 3.8) is 0 Å². The van der Waals surface area contributed by atoms with Gasteiger partial charge >= 0.3 is 0 Å².